The predicted molar refractivity (Wildman–Crippen MR) is 82.1 cm³/mol. The van der Waals surface area contributed by atoms with E-state index in [0.717, 1.165) is 0 Å². The van der Waals surface area contributed by atoms with Gasteiger partial charge in [-0.15, -0.1) is 0 Å². The van der Waals surface area contributed by atoms with E-state index < -0.39 is 0 Å². The van der Waals surface area contributed by atoms with Crippen molar-refractivity contribution in [3.05, 3.63) is 0 Å². The molecule has 0 aromatic carbocycles. The standard InChI is InChI=1S/C16H33N3/c1-3-4-5-10-18-11-6-16(7-12-18)8-13-19(14-9-16)15(2)17/h15H,3-14,17H2,1-2H3. The molecule has 1 atom stereocenters. The summed E-state index contributed by atoms with van der Waals surface area (Å²) in [5, 5.41) is 0. The Bertz CT molecular complexity index is 247. The summed E-state index contributed by atoms with van der Waals surface area (Å²) < 4.78 is 0. The van der Waals surface area contributed by atoms with Gasteiger partial charge in [-0.2, -0.15) is 0 Å². The third kappa shape index (κ3) is 4.17. The van der Waals surface area contributed by atoms with Crippen molar-refractivity contribution in [1.82, 2.24) is 9.80 Å². The Morgan fingerprint density at radius 3 is 2.11 bits per heavy atom. The summed E-state index contributed by atoms with van der Waals surface area (Å²) in [5.41, 5.74) is 6.65. The minimum Gasteiger partial charge on any atom is -0.316 e. The SMILES string of the molecule is CCCCCN1CCC2(CC1)CCN(C(C)N)CC2. The number of nitrogens with zero attached hydrogens (tertiary/aromatic N) is 2. The monoisotopic (exact) mass is 267 g/mol. The highest BCUT2D eigenvalue weighted by molar-refractivity contribution is 4.91. The summed E-state index contributed by atoms with van der Waals surface area (Å²) >= 11 is 0. The molecule has 2 aliphatic heterocycles. The van der Waals surface area contributed by atoms with Crippen molar-refractivity contribution < 1.29 is 0 Å². The molecule has 0 aromatic rings. The molecule has 0 saturated carbocycles. The molecule has 1 unspecified atom stereocenters. The van der Waals surface area contributed by atoms with E-state index in [1.54, 1.807) is 0 Å². The van der Waals surface area contributed by atoms with E-state index in [2.05, 4.69) is 23.6 Å². The van der Waals surface area contributed by atoms with Gasteiger partial charge in [-0.1, -0.05) is 19.8 Å². The lowest BCUT2D eigenvalue weighted by Gasteiger charge is -2.47. The summed E-state index contributed by atoms with van der Waals surface area (Å²) in [6.07, 6.45) is 9.95. The van der Waals surface area contributed by atoms with Crippen LogP contribution in [0.25, 0.3) is 0 Å². The Morgan fingerprint density at radius 1 is 1.00 bits per heavy atom. The molecule has 0 amide bonds. The van der Waals surface area contributed by atoms with E-state index >= 15 is 0 Å². The number of hydrogen-bond donors (Lipinski definition) is 1. The summed E-state index contributed by atoms with van der Waals surface area (Å²) in [5.74, 6) is 0. The lowest BCUT2D eigenvalue weighted by molar-refractivity contribution is 0.0231. The second kappa shape index (κ2) is 7.05. The van der Waals surface area contributed by atoms with Gasteiger partial charge in [0.2, 0.25) is 0 Å². The van der Waals surface area contributed by atoms with E-state index in [-0.39, 0.29) is 6.17 Å². The van der Waals surface area contributed by atoms with Crippen molar-refractivity contribution in [2.45, 2.75) is 65.0 Å². The predicted octanol–water partition coefficient (Wildman–Crippen LogP) is 2.66. The van der Waals surface area contributed by atoms with Gasteiger partial charge in [-0.3, -0.25) is 4.90 Å². The molecule has 3 nitrogen and oxygen atoms in total. The summed E-state index contributed by atoms with van der Waals surface area (Å²) in [6, 6.07) is 0. The molecule has 2 N–H and O–H groups in total. The van der Waals surface area contributed by atoms with Crippen LogP contribution in [-0.2, 0) is 0 Å². The summed E-state index contributed by atoms with van der Waals surface area (Å²) in [6.45, 7) is 10.8. The highest BCUT2D eigenvalue weighted by Crippen LogP contribution is 2.41. The van der Waals surface area contributed by atoms with Crippen molar-refractivity contribution >= 4 is 0 Å². The maximum absolute atomic E-state index is 5.99. The smallest absolute Gasteiger partial charge is 0.0542 e. The zero-order chi connectivity index (χ0) is 13.7. The fourth-order valence-corrected chi connectivity index (χ4v) is 3.74. The molecule has 0 aromatic heterocycles. The van der Waals surface area contributed by atoms with Gasteiger partial charge in [0.1, 0.15) is 0 Å². The molecule has 3 heteroatoms. The van der Waals surface area contributed by atoms with Gasteiger partial charge >= 0.3 is 0 Å². The Morgan fingerprint density at radius 2 is 1.58 bits per heavy atom. The molecule has 2 rings (SSSR count). The van der Waals surface area contributed by atoms with Gasteiger partial charge < -0.3 is 10.6 Å². The van der Waals surface area contributed by atoms with Crippen LogP contribution in [0.4, 0.5) is 0 Å². The summed E-state index contributed by atoms with van der Waals surface area (Å²) in [7, 11) is 0. The number of nitrogens with two attached hydrogens (primary N) is 1. The van der Waals surface area contributed by atoms with Crippen LogP contribution < -0.4 is 5.73 Å². The average Bonchev–Trinajstić information content (AvgIpc) is 2.42. The summed E-state index contributed by atoms with van der Waals surface area (Å²) in [4.78, 5) is 5.14. The molecule has 0 bridgehead atoms. The Kier molecular flexibility index (Phi) is 5.67. The highest BCUT2D eigenvalue weighted by atomic mass is 15.2. The van der Waals surface area contributed by atoms with E-state index in [1.165, 1.54) is 77.7 Å². The minimum atomic E-state index is 0.242. The normalized spacial score (nSPS) is 26.7. The van der Waals surface area contributed by atoms with Crippen LogP contribution in [0.3, 0.4) is 0 Å². The first-order chi connectivity index (χ1) is 9.15. The van der Waals surface area contributed by atoms with Crippen LogP contribution in [0.5, 0.6) is 0 Å². The minimum absolute atomic E-state index is 0.242. The van der Waals surface area contributed by atoms with E-state index in [9.17, 15) is 0 Å². The van der Waals surface area contributed by atoms with Gasteiger partial charge in [0.05, 0.1) is 6.17 Å². The second-order valence-corrected chi connectivity index (χ2v) is 6.83. The van der Waals surface area contributed by atoms with Crippen LogP contribution in [0.15, 0.2) is 0 Å². The highest BCUT2D eigenvalue weighted by Gasteiger charge is 2.37. The third-order valence-corrected chi connectivity index (χ3v) is 5.43. The van der Waals surface area contributed by atoms with Crippen LogP contribution in [0.1, 0.15) is 58.8 Å². The molecule has 0 aliphatic carbocycles. The van der Waals surface area contributed by atoms with Crippen molar-refractivity contribution in [3.8, 4) is 0 Å². The molecule has 112 valence electrons. The van der Waals surface area contributed by atoms with Crippen LogP contribution >= 0.6 is 0 Å². The van der Waals surface area contributed by atoms with Crippen molar-refractivity contribution in [1.29, 1.82) is 0 Å². The van der Waals surface area contributed by atoms with Crippen LogP contribution in [0, 0.1) is 5.41 Å². The number of likely N-dealkylation sites (tertiary alicyclic amines) is 2. The Balaban J connectivity index is 1.71. The molecule has 2 saturated heterocycles. The molecule has 2 fully saturated rings. The Hall–Kier alpha value is -0.120. The largest absolute Gasteiger partial charge is 0.316 e. The Labute approximate surface area is 119 Å². The molecule has 2 heterocycles. The molecule has 1 spiro atoms. The van der Waals surface area contributed by atoms with E-state index in [0.29, 0.717) is 5.41 Å². The lowest BCUT2D eigenvalue weighted by atomic mass is 9.71. The zero-order valence-electron chi connectivity index (χ0n) is 13.0. The first kappa shape index (κ1) is 15.3. The van der Waals surface area contributed by atoms with Crippen LogP contribution in [-0.4, -0.2) is 48.7 Å². The van der Waals surface area contributed by atoms with Crippen molar-refractivity contribution in [2.75, 3.05) is 32.7 Å². The topological polar surface area (TPSA) is 32.5 Å². The lowest BCUT2D eigenvalue weighted by Crippen LogP contribution is -2.50. The van der Waals surface area contributed by atoms with Crippen LogP contribution in [0.2, 0.25) is 0 Å². The zero-order valence-corrected chi connectivity index (χ0v) is 13.0. The fraction of sp³-hybridized carbons (Fsp3) is 1.00. The molecular formula is C16H33N3. The maximum Gasteiger partial charge on any atom is 0.0542 e. The van der Waals surface area contributed by atoms with Gasteiger partial charge in [0.15, 0.2) is 0 Å². The molecule has 0 radical (unpaired) electrons. The first-order valence-corrected chi connectivity index (χ1v) is 8.37. The van der Waals surface area contributed by atoms with Gasteiger partial charge in [0.25, 0.3) is 0 Å². The number of piperidine rings is 2. The third-order valence-electron chi connectivity index (χ3n) is 5.43. The van der Waals surface area contributed by atoms with Gasteiger partial charge in [-0.05, 0) is 64.1 Å². The molecule has 2 aliphatic rings. The van der Waals surface area contributed by atoms with E-state index in [1.807, 2.05) is 0 Å². The molecule has 19 heavy (non-hydrogen) atoms. The van der Waals surface area contributed by atoms with Gasteiger partial charge in [-0.25, -0.2) is 0 Å². The second-order valence-electron chi connectivity index (χ2n) is 6.83. The van der Waals surface area contributed by atoms with Crippen molar-refractivity contribution in [3.63, 3.8) is 0 Å². The van der Waals surface area contributed by atoms with E-state index in [4.69, 9.17) is 5.73 Å². The quantitative estimate of drug-likeness (QED) is 0.777. The van der Waals surface area contributed by atoms with Crippen molar-refractivity contribution in [2.24, 2.45) is 11.1 Å². The number of rotatable bonds is 5. The number of unbranched alkanes of at least 4 members (excludes halogenated alkanes) is 2. The average molecular weight is 267 g/mol. The first-order valence-electron chi connectivity index (χ1n) is 8.37. The number of hydrogen-bond acceptors (Lipinski definition) is 3. The fourth-order valence-electron chi connectivity index (χ4n) is 3.74. The maximum atomic E-state index is 5.99. The molecular weight excluding hydrogens is 234 g/mol. The van der Waals surface area contributed by atoms with Gasteiger partial charge in [0, 0.05) is 13.1 Å².